The van der Waals surface area contributed by atoms with Crippen molar-refractivity contribution in [3.05, 3.63) is 107 Å². The third-order valence-corrected chi connectivity index (χ3v) is 5.15. The maximum Gasteiger partial charge on any atom is 0.338 e. The number of aromatic nitrogens is 1. The van der Waals surface area contributed by atoms with E-state index in [1.807, 2.05) is 48.7 Å². The summed E-state index contributed by atoms with van der Waals surface area (Å²) in [6, 6.07) is 22.4. The molecule has 0 radical (unpaired) electrons. The number of benzene rings is 2. The van der Waals surface area contributed by atoms with Crippen molar-refractivity contribution in [2.75, 3.05) is 6.61 Å². The molecule has 0 aliphatic heterocycles. The Labute approximate surface area is 180 Å². The predicted molar refractivity (Wildman–Crippen MR) is 119 cm³/mol. The minimum atomic E-state index is -0.428. The molecule has 2 heterocycles. The molecule has 0 aliphatic rings. The van der Waals surface area contributed by atoms with Crippen molar-refractivity contribution in [3.63, 3.8) is 0 Å². The second kappa shape index (κ2) is 8.88. The van der Waals surface area contributed by atoms with Crippen LogP contribution in [-0.2, 0) is 11.3 Å². The highest BCUT2D eigenvalue weighted by Gasteiger charge is 2.22. The van der Waals surface area contributed by atoms with E-state index in [1.54, 1.807) is 48.6 Å². The molecule has 5 heteroatoms. The average Bonchev–Trinajstić information content (AvgIpc) is 3.26. The topological polar surface area (TPSA) is 57.0 Å². The first-order chi connectivity index (χ1) is 15.1. The first kappa shape index (κ1) is 20.4. The molecular formula is C26H23NO4. The van der Waals surface area contributed by atoms with Gasteiger partial charge in [-0.15, -0.1) is 0 Å². The van der Waals surface area contributed by atoms with E-state index in [0.717, 1.165) is 11.1 Å². The minimum Gasteiger partial charge on any atom is -0.489 e. The van der Waals surface area contributed by atoms with Gasteiger partial charge in [0.2, 0.25) is 5.78 Å². The fourth-order valence-corrected chi connectivity index (χ4v) is 3.56. The van der Waals surface area contributed by atoms with E-state index < -0.39 is 5.97 Å². The van der Waals surface area contributed by atoms with Gasteiger partial charge >= 0.3 is 5.97 Å². The van der Waals surface area contributed by atoms with Crippen LogP contribution in [0.1, 0.15) is 44.5 Å². The Balaban J connectivity index is 1.62. The Morgan fingerprint density at radius 2 is 1.68 bits per heavy atom. The number of carbonyl (C=O) groups excluding carboxylic acids is 2. The Morgan fingerprint density at radius 3 is 2.39 bits per heavy atom. The number of ketones is 1. The number of pyridine rings is 1. The SMILES string of the molecule is CCOC(=O)c1cc2cccn2c(C(=O)c2ccc(OCc3ccccc3)cc2)c1C. The maximum atomic E-state index is 13.4. The molecule has 0 bridgehead atoms. The number of rotatable bonds is 7. The molecule has 31 heavy (non-hydrogen) atoms. The first-order valence-electron chi connectivity index (χ1n) is 10.2. The van der Waals surface area contributed by atoms with Gasteiger partial charge in [0.15, 0.2) is 0 Å². The molecule has 2 aromatic heterocycles. The van der Waals surface area contributed by atoms with Gasteiger partial charge in [0.25, 0.3) is 0 Å². The zero-order chi connectivity index (χ0) is 21.8. The molecule has 156 valence electrons. The molecule has 4 aromatic rings. The molecule has 0 saturated carbocycles. The summed E-state index contributed by atoms with van der Waals surface area (Å²) in [5.41, 5.74) is 3.80. The highest BCUT2D eigenvalue weighted by atomic mass is 16.5. The van der Waals surface area contributed by atoms with Crippen molar-refractivity contribution in [2.45, 2.75) is 20.5 Å². The minimum absolute atomic E-state index is 0.167. The number of ether oxygens (including phenoxy) is 2. The van der Waals surface area contributed by atoms with Gasteiger partial charge in [0.05, 0.1) is 17.9 Å². The van der Waals surface area contributed by atoms with Crippen LogP contribution in [0.15, 0.2) is 79.0 Å². The molecule has 0 N–H and O–H groups in total. The molecule has 0 aliphatic carbocycles. The normalized spacial score (nSPS) is 10.8. The highest BCUT2D eigenvalue weighted by Crippen LogP contribution is 2.24. The summed E-state index contributed by atoms with van der Waals surface area (Å²) in [5, 5.41) is 0. The number of hydrogen-bond acceptors (Lipinski definition) is 4. The summed E-state index contributed by atoms with van der Waals surface area (Å²) in [7, 11) is 0. The zero-order valence-electron chi connectivity index (χ0n) is 17.5. The fourth-order valence-electron chi connectivity index (χ4n) is 3.56. The van der Waals surface area contributed by atoms with Crippen molar-refractivity contribution in [1.82, 2.24) is 4.40 Å². The lowest BCUT2D eigenvalue weighted by molar-refractivity contribution is 0.0525. The number of carbonyl (C=O) groups is 2. The van der Waals surface area contributed by atoms with Crippen LogP contribution in [0.25, 0.3) is 5.52 Å². The largest absolute Gasteiger partial charge is 0.489 e. The summed E-state index contributed by atoms with van der Waals surface area (Å²) < 4.78 is 12.8. The highest BCUT2D eigenvalue weighted by molar-refractivity contribution is 6.11. The van der Waals surface area contributed by atoms with Crippen molar-refractivity contribution < 1.29 is 19.1 Å². The van der Waals surface area contributed by atoms with Crippen molar-refractivity contribution in [2.24, 2.45) is 0 Å². The Morgan fingerprint density at radius 1 is 0.935 bits per heavy atom. The smallest absolute Gasteiger partial charge is 0.338 e. The molecular weight excluding hydrogens is 390 g/mol. The van der Waals surface area contributed by atoms with Gasteiger partial charge < -0.3 is 13.9 Å². The monoisotopic (exact) mass is 413 g/mol. The standard InChI is InChI=1S/C26H23NO4/c1-3-30-26(29)23-16-21-10-7-15-27(21)24(18(23)2)25(28)20-11-13-22(14-12-20)31-17-19-8-5-4-6-9-19/h4-16H,3,17H2,1-2H3. The number of hydrogen-bond donors (Lipinski definition) is 0. The third-order valence-electron chi connectivity index (χ3n) is 5.15. The Kier molecular flexibility index (Phi) is 5.85. The molecule has 5 nitrogen and oxygen atoms in total. The number of esters is 1. The van der Waals surface area contributed by atoms with Gasteiger partial charge in [0, 0.05) is 17.3 Å². The van der Waals surface area contributed by atoms with Gasteiger partial charge in [-0.2, -0.15) is 0 Å². The van der Waals surface area contributed by atoms with Gasteiger partial charge in [-0.1, -0.05) is 30.3 Å². The average molecular weight is 413 g/mol. The van der Waals surface area contributed by atoms with Gasteiger partial charge in [-0.05, 0) is 67.4 Å². The number of fused-ring (bicyclic) bond motifs is 1. The summed E-state index contributed by atoms with van der Waals surface area (Å²) in [4.78, 5) is 25.8. The predicted octanol–water partition coefficient (Wildman–Crippen LogP) is 5.23. The van der Waals surface area contributed by atoms with Crippen molar-refractivity contribution >= 4 is 17.3 Å². The van der Waals surface area contributed by atoms with Gasteiger partial charge in [0.1, 0.15) is 12.4 Å². The summed E-state index contributed by atoms with van der Waals surface area (Å²) in [6.45, 7) is 4.27. The van der Waals surface area contributed by atoms with Crippen LogP contribution >= 0.6 is 0 Å². The summed E-state index contributed by atoms with van der Waals surface area (Å²) in [5.74, 6) is 0.0883. The van der Waals surface area contributed by atoms with E-state index in [9.17, 15) is 9.59 Å². The second-order valence-corrected chi connectivity index (χ2v) is 7.18. The van der Waals surface area contributed by atoms with E-state index in [1.165, 1.54) is 0 Å². The van der Waals surface area contributed by atoms with E-state index in [4.69, 9.17) is 9.47 Å². The van der Waals surface area contributed by atoms with Crippen molar-refractivity contribution in [3.8, 4) is 5.75 Å². The van der Waals surface area contributed by atoms with Crippen LogP contribution in [-0.4, -0.2) is 22.8 Å². The van der Waals surface area contributed by atoms with Crippen LogP contribution in [0, 0.1) is 6.92 Å². The van der Waals surface area contributed by atoms with Gasteiger partial charge in [-0.25, -0.2) is 4.79 Å². The van der Waals surface area contributed by atoms with Crippen LogP contribution < -0.4 is 4.74 Å². The second-order valence-electron chi connectivity index (χ2n) is 7.18. The molecule has 0 spiro atoms. The van der Waals surface area contributed by atoms with Crippen LogP contribution in [0.4, 0.5) is 0 Å². The van der Waals surface area contributed by atoms with E-state index in [2.05, 4.69) is 0 Å². The maximum absolute atomic E-state index is 13.4. The van der Waals surface area contributed by atoms with Crippen LogP contribution in [0.3, 0.4) is 0 Å². The van der Waals surface area contributed by atoms with Gasteiger partial charge in [-0.3, -0.25) is 4.79 Å². The lowest BCUT2D eigenvalue weighted by Gasteiger charge is -2.14. The molecule has 0 unspecified atom stereocenters. The summed E-state index contributed by atoms with van der Waals surface area (Å²) in [6.07, 6.45) is 1.82. The number of nitrogens with zero attached hydrogens (tertiary/aromatic N) is 1. The molecule has 2 aromatic carbocycles. The van der Waals surface area contributed by atoms with E-state index in [-0.39, 0.29) is 12.4 Å². The fraction of sp³-hybridized carbons (Fsp3) is 0.154. The lowest BCUT2D eigenvalue weighted by atomic mass is 10.00. The van der Waals surface area contributed by atoms with E-state index in [0.29, 0.717) is 34.7 Å². The zero-order valence-corrected chi connectivity index (χ0v) is 17.5. The third kappa shape index (κ3) is 4.21. The first-order valence-corrected chi connectivity index (χ1v) is 10.2. The lowest BCUT2D eigenvalue weighted by Crippen LogP contribution is -2.15. The molecule has 4 rings (SSSR count). The molecule has 0 fully saturated rings. The Hall–Kier alpha value is -3.86. The van der Waals surface area contributed by atoms with Crippen molar-refractivity contribution in [1.29, 1.82) is 0 Å². The molecule has 0 saturated heterocycles. The van der Waals surface area contributed by atoms with Crippen LogP contribution in [0.2, 0.25) is 0 Å². The molecule has 0 amide bonds. The molecule has 0 atom stereocenters. The quantitative estimate of drug-likeness (QED) is 0.307. The van der Waals surface area contributed by atoms with E-state index >= 15 is 0 Å². The van der Waals surface area contributed by atoms with Crippen LogP contribution in [0.5, 0.6) is 5.75 Å². The Bertz CT molecular complexity index is 1220. The summed E-state index contributed by atoms with van der Waals surface area (Å²) >= 11 is 0.